The van der Waals surface area contributed by atoms with E-state index in [4.69, 9.17) is 0 Å². The Labute approximate surface area is 177 Å². The van der Waals surface area contributed by atoms with Gasteiger partial charge in [0.15, 0.2) is 0 Å². The summed E-state index contributed by atoms with van der Waals surface area (Å²) in [5.41, 5.74) is 5.14. The Morgan fingerprint density at radius 3 is 2.60 bits per heavy atom. The molecule has 0 saturated carbocycles. The molecule has 2 aliphatic rings. The Morgan fingerprint density at radius 2 is 1.80 bits per heavy atom. The first-order valence-electron chi connectivity index (χ1n) is 10.2. The molecule has 3 atom stereocenters. The third-order valence-electron chi connectivity index (χ3n) is 6.07. The van der Waals surface area contributed by atoms with Crippen LogP contribution in [0.1, 0.15) is 35.1 Å². The van der Waals surface area contributed by atoms with Crippen molar-refractivity contribution in [3.05, 3.63) is 102 Å². The molecule has 152 valence electrons. The van der Waals surface area contributed by atoms with Crippen LogP contribution >= 0.6 is 0 Å². The summed E-state index contributed by atoms with van der Waals surface area (Å²) in [6.45, 7) is 2.11. The van der Waals surface area contributed by atoms with Crippen molar-refractivity contribution in [3.63, 3.8) is 0 Å². The molecule has 0 spiro atoms. The van der Waals surface area contributed by atoms with Crippen molar-refractivity contribution in [2.45, 2.75) is 30.2 Å². The third-order valence-corrected chi connectivity index (χ3v) is 7.45. The number of anilines is 2. The lowest BCUT2D eigenvalue weighted by atomic mass is 9.77. The highest BCUT2D eigenvalue weighted by atomic mass is 32.2. The van der Waals surface area contributed by atoms with Gasteiger partial charge in [0.2, 0.25) is 0 Å². The lowest BCUT2D eigenvalue weighted by Gasteiger charge is -2.37. The number of sulfonamides is 1. The predicted molar refractivity (Wildman–Crippen MR) is 121 cm³/mol. The largest absolute Gasteiger partial charge is 0.378 e. The molecule has 0 bridgehead atoms. The molecule has 0 saturated heterocycles. The number of aryl methyl sites for hydroxylation is 1. The molecule has 0 amide bonds. The summed E-state index contributed by atoms with van der Waals surface area (Å²) in [5, 5.41) is 3.69. The third kappa shape index (κ3) is 3.39. The Kier molecular flexibility index (Phi) is 4.63. The lowest BCUT2D eigenvalue weighted by Crippen LogP contribution is -2.29. The zero-order chi connectivity index (χ0) is 20.7. The number of hydrogen-bond donors (Lipinski definition) is 2. The maximum Gasteiger partial charge on any atom is 0.261 e. The van der Waals surface area contributed by atoms with Crippen molar-refractivity contribution < 1.29 is 8.42 Å². The SMILES string of the molecule is Cc1cccc([C@H]2Nc3ccc(S(=O)(=O)Nc4ccccc4)cc3C3C=CCC32)c1. The van der Waals surface area contributed by atoms with Crippen LogP contribution < -0.4 is 10.0 Å². The Hall–Kier alpha value is -3.05. The highest BCUT2D eigenvalue weighted by Crippen LogP contribution is 2.50. The smallest absolute Gasteiger partial charge is 0.261 e. The molecule has 1 heterocycles. The molecule has 3 aromatic carbocycles. The minimum absolute atomic E-state index is 0.207. The van der Waals surface area contributed by atoms with Crippen molar-refractivity contribution >= 4 is 21.4 Å². The standard InChI is InChI=1S/C25H24N2O2S/c1-17-7-5-8-18(15-17)25-22-12-6-11-21(22)23-16-20(13-14-24(23)26-25)30(28,29)27-19-9-3-2-4-10-19/h2-11,13-16,21-22,25-27H,12H2,1H3/t21?,22?,25-/m1/s1. The fourth-order valence-electron chi connectivity index (χ4n) is 4.65. The minimum atomic E-state index is -3.65. The van der Waals surface area contributed by atoms with Crippen LogP contribution in [-0.2, 0) is 10.0 Å². The van der Waals surface area contributed by atoms with Crippen LogP contribution in [0.25, 0.3) is 0 Å². The van der Waals surface area contributed by atoms with Crippen LogP contribution in [0, 0.1) is 12.8 Å². The minimum Gasteiger partial charge on any atom is -0.378 e. The highest BCUT2D eigenvalue weighted by Gasteiger charge is 2.38. The van der Waals surface area contributed by atoms with E-state index in [1.54, 1.807) is 18.2 Å². The van der Waals surface area contributed by atoms with E-state index in [0.29, 0.717) is 16.5 Å². The molecule has 0 fully saturated rings. The summed E-state index contributed by atoms with van der Waals surface area (Å²) in [6.07, 6.45) is 5.43. The van der Waals surface area contributed by atoms with Crippen molar-refractivity contribution in [2.75, 3.05) is 10.0 Å². The zero-order valence-corrected chi connectivity index (χ0v) is 17.6. The van der Waals surface area contributed by atoms with Crippen molar-refractivity contribution in [2.24, 2.45) is 5.92 Å². The van der Waals surface area contributed by atoms with Crippen LogP contribution in [0.4, 0.5) is 11.4 Å². The van der Waals surface area contributed by atoms with E-state index in [0.717, 1.165) is 17.7 Å². The second kappa shape index (κ2) is 7.33. The van der Waals surface area contributed by atoms with Gasteiger partial charge < -0.3 is 5.32 Å². The molecular weight excluding hydrogens is 392 g/mol. The molecule has 0 radical (unpaired) electrons. The Morgan fingerprint density at radius 1 is 0.967 bits per heavy atom. The second-order valence-electron chi connectivity index (χ2n) is 8.11. The average molecular weight is 417 g/mol. The molecule has 2 unspecified atom stereocenters. The predicted octanol–water partition coefficient (Wildman–Crippen LogP) is 5.62. The molecule has 1 aliphatic carbocycles. The first-order chi connectivity index (χ1) is 14.5. The van der Waals surface area contributed by atoms with Gasteiger partial charge in [-0.3, -0.25) is 4.72 Å². The van der Waals surface area contributed by atoms with E-state index >= 15 is 0 Å². The van der Waals surface area contributed by atoms with Gasteiger partial charge >= 0.3 is 0 Å². The number of rotatable bonds is 4. The quantitative estimate of drug-likeness (QED) is 0.543. The number of para-hydroxylation sites is 1. The molecule has 4 nitrogen and oxygen atoms in total. The van der Waals surface area contributed by atoms with E-state index in [2.05, 4.69) is 53.4 Å². The molecule has 3 aromatic rings. The van der Waals surface area contributed by atoms with Crippen molar-refractivity contribution in [3.8, 4) is 0 Å². The van der Waals surface area contributed by atoms with Gasteiger partial charge in [0.1, 0.15) is 0 Å². The fourth-order valence-corrected chi connectivity index (χ4v) is 5.75. The molecule has 5 heteroatoms. The average Bonchev–Trinajstić information content (AvgIpc) is 3.23. The van der Waals surface area contributed by atoms with E-state index in [1.165, 1.54) is 11.1 Å². The maximum atomic E-state index is 13.0. The number of benzene rings is 3. The van der Waals surface area contributed by atoms with E-state index in [1.807, 2.05) is 30.3 Å². The van der Waals surface area contributed by atoms with Gasteiger partial charge in [-0.2, -0.15) is 0 Å². The molecule has 1 aliphatic heterocycles. The van der Waals surface area contributed by atoms with Crippen LogP contribution in [0.15, 0.2) is 89.8 Å². The Bertz CT molecular complexity index is 1220. The van der Waals surface area contributed by atoms with E-state index in [9.17, 15) is 8.42 Å². The summed E-state index contributed by atoms with van der Waals surface area (Å²) in [6, 6.07) is 23.2. The second-order valence-corrected chi connectivity index (χ2v) is 9.79. The summed E-state index contributed by atoms with van der Waals surface area (Å²) < 4.78 is 28.6. The summed E-state index contributed by atoms with van der Waals surface area (Å²) in [5.74, 6) is 0.581. The zero-order valence-electron chi connectivity index (χ0n) is 16.7. The molecule has 2 N–H and O–H groups in total. The van der Waals surface area contributed by atoms with Gasteiger partial charge in [-0.25, -0.2) is 8.42 Å². The first-order valence-corrected chi connectivity index (χ1v) is 11.7. The molecule has 30 heavy (non-hydrogen) atoms. The maximum absolute atomic E-state index is 13.0. The van der Waals surface area contributed by atoms with Crippen LogP contribution in [0.2, 0.25) is 0 Å². The number of allylic oxidation sites excluding steroid dienone is 2. The van der Waals surface area contributed by atoms with Crippen molar-refractivity contribution in [1.29, 1.82) is 0 Å². The Balaban J connectivity index is 1.50. The van der Waals surface area contributed by atoms with Gasteiger partial charge in [0, 0.05) is 17.3 Å². The van der Waals surface area contributed by atoms with Crippen molar-refractivity contribution in [1.82, 2.24) is 0 Å². The van der Waals surface area contributed by atoms with E-state index in [-0.39, 0.29) is 12.0 Å². The molecule has 5 rings (SSSR count). The van der Waals surface area contributed by atoms with Crippen LogP contribution in [-0.4, -0.2) is 8.42 Å². The van der Waals surface area contributed by atoms with Crippen LogP contribution in [0.5, 0.6) is 0 Å². The van der Waals surface area contributed by atoms with Gasteiger partial charge in [-0.05, 0) is 60.7 Å². The van der Waals surface area contributed by atoms with E-state index < -0.39 is 10.0 Å². The summed E-state index contributed by atoms with van der Waals surface area (Å²) in [4.78, 5) is 0.292. The van der Waals surface area contributed by atoms with Gasteiger partial charge in [0.25, 0.3) is 10.0 Å². The summed E-state index contributed by atoms with van der Waals surface area (Å²) in [7, 11) is -3.65. The topological polar surface area (TPSA) is 58.2 Å². The van der Waals surface area contributed by atoms with Crippen LogP contribution in [0.3, 0.4) is 0 Å². The van der Waals surface area contributed by atoms with Gasteiger partial charge in [0.05, 0.1) is 10.9 Å². The first kappa shape index (κ1) is 18.9. The highest BCUT2D eigenvalue weighted by molar-refractivity contribution is 7.92. The summed E-state index contributed by atoms with van der Waals surface area (Å²) >= 11 is 0. The van der Waals surface area contributed by atoms with Gasteiger partial charge in [-0.15, -0.1) is 0 Å². The number of hydrogen-bond acceptors (Lipinski definition) is 3. The fraction of sp³-hybridized carbons (Fsp3) is 0.200. The van der Waals surface area contributed by atoms with Gasteiger partial charge in [-0.1, -0.05) is 60.2 Å². The normalized spacial score (nSPS) is 22.1. The monoisotopic (exact) mass is 416 g/mol. The number of nitrogens with one attached hydrogen (secondary N) is 2. The number of fused-ring (bicyclic) bond motifs is 3. The molecule has 0 aromatic heterocycles. The molecular formula is C25H24N2O2S. The lowest BCUT2D eigenvalue weighted by molar-refractivity contribution is 0.425.